The highest BCUT2D eigenvalue weighted by Crippen LogP contribution is 2.31. The summed E-state index contributed by atoms with van der Waals surface area (Å²) in [7, 11) is 1.52. The van der Waals surface area contributed by atoms with Gasteiger partial charge in [0.1, 0.15) is 16.9 Å². The van der Waals surface area contributed by atoms with Gasteiger partial charge < -0.3 is 18.9 Å². The molecule has 0 aliphatic carbocycles. The first-order valence-corrected chi connectivity index (χ1v) is 8.03. The molecule has 2 heterocycles. The van der Waals surface area contributed by atoms with Gasteiger partial charge in [-0.15, -0.1) is 0 Å². The number of aromatic amines is 1. The molecule has 1 aromatic carbocycles. The van der Waals surface area contributed by atoms with Gasteiger partial charge in [0.15, 0.2) is 0 Å². The van der Waals surface area contributed by atoms with E-state index in [9.17, 15) is 9.59 Å². The van der Waals surface area contributed by atoms with Crippen LogP contribution < -0.4 is 15.9 Å². The second kappa shape index (κ2) is 6.87. The van der Waals surface area contributed by atoms with Crippen LogP contribution in [0.5, 0.6) is 5.75 Å². The largest absolute Gasteiger partial charge is 0.497 e. The zero-order valence-corrected chi connectivity index (χ0v) is 14.6. The number of pyridine rings is 1. The number of H-pyrrole nitrogens is 1. The Bertz CT molecular complexity index is 1110. The van der Waals surface area contributed by atoms with Gasteiger partial charge >= 0.3 is 5.97 Å². The lowest BCUT2D eigenvalue weighted by molar-refractivity contribution is 0.0522. The average Bonchev–Trinajstić information content (AvgIpc) is 2.60. The number of carbonyl (C=O) groups is 1. The Balaban J connectivity index is 2.50. The van der Waals surface area contributed by atoms with Crippen molar-refractivity contribution in [1.82, 2.24) is 4.98 Å². The number of ether oxygens (including phenoxy) is 2. The predicted molar refractivity (Wildman–Crippen MR) is 95.4 cm³/mol. The molecule has 2 aromatic heterocycles. The van der Waals surface area contributed by atoms with E-state index < -0.39 is 11.5 Å². The van der Waals surface area contributed by atoms with Gasteiger partial charge in [-0.1, -0.05) is 12.1 Å². The molecule has 2 N–H and O–H groups in total. The molecule has 0 amide bonds. The molecule has 26 heavy (non-hydrogen) atoms. The average molecular weight is 354 g/mol. The fraction of sp³-hybridized carbons (Fsp3) is 0.211. The van der Waals surface area contributed by atoms with Crippen LogP contribution in [0.3, 0.4) is 0 Å². The Morgan fingerprint density at radius 2 is 2.08 bits per heavy atom. The zero-order chi connectivity index (χ0) is 18.8. The number of aryl methyl sites for hydroxylation is 1. The fourth-order valence-electron chi connectivity index (χ4n) is 2.84. The highest BCUT2D eigenvalue weighted by Gasteiger charge is 2.24. The molecular weight excluding hydrogens is 336 g/mol. The van der Waals surface area contributed by atoms with E-state index in [2.05, 4.69) is 4.98 Å². The van der Waals surface area contributed by atoms with Crippen LogP contribution >= 0.6 is 0 Å². The number of esters is 1. The van der Waals surface area contributed by atoms with Crippen molar-refractivity contribution < 1.29 is 18.7 Å². The summed E-state index contributed by atoms with van der Waals surface area (Å²) in [5, 5.41) is 8.36. The van der Waals surface area contributed by atoms with Crippen LogP contribution in [0, 0.1) is 12.3 Å². The quantitative estimate of drug-likeness (QED) is 0.701. The SMILES string of the molecule is CCOC(=O)c1c(-c2cccc(OC)c2)c2c(=O)[nH]c(C)cc2oc1=N. The first-order chi connectivity index (χ1) is 12.5. The van der Waals surface area contributed by atoms with Crippen LogP contribution in [-0.4, -0.2) is 24.7 Å². The van der Waals surface area contributed by atoms with E-state index in [0.717, 1.165) is 0 Å². The van der Waals surface area contributed by atoms with Crippen LogP contribution in [0.4, 0.5) is 0 Å². The highest BCUT2D eigenvalue weighted by atomic mass is 16.5. The van der Waals surface area contributed by atoms with Gasteiger partial charge in [0.2, 0.25) is 5.55 Å². The number of carbonyl (C=O) groups excluding carboxylic acids is 1. The maximum atomic E-state index is 12.6. The van der Waals surface area contributed by atoms with E-state index in [0.29, 0.717) is 17.0 Å². The molecule has 0 bridgehead atoms. The summed E-state index contributed by atoms with van der Waals surface area (Å²) >= 11 is 0. The molecule has 7 nitrogen and oxygen atoms in total. The second-order valence-electron chi connectivity index (χ2n) is 5.65. The molecule has 0 aliphatic rings. The van der Waals surface area contributed by atoms with E-state index in [4.69, 9.17) is 19.3 Å². The summed E-state index contributed by atoms with van der Waals surface area (Å²) in [5.41, 5.74) is 0.784. The van der Waals surface area contributed by atoms with Gasteiger partial charge in [-0.2, -0.15) is 0 Å². The molecule has 0 fully saturated rings. The Morgan fingerprint density at radius 3 is 2.77 bits per heavy atom. The number of hydrogen-bond acceptors (Lipinski definition) is 6. The van der Waals surface area contributed by atoms with Crippen LogP contribution in [0.25, 0.3) is 22.1 Å². The van der Waals surface area contributed by atoms with Crippen molar-refractivity contribution in [3.05, 3.63) is 57.5 Å². The van der Waals surface area contributed by atoms with Crippen LogP contribution in [-0.2, 0) is 4.74 Å². The van der Waals surface area contributed by atoms with E-state index in [1.807, 2.05) is 0 Å². The number of benzene rings is 1. The highest BCUT2D eigenvalue weighted by molar-refractivity contribution is 6.05. The molecule has 0 aliphatic heterocycles. The van der Waals surface area contributed by atoms with E-state index >= 15 is 0 Å². The molecule has 0 radical (unpaired) electrons. The normalized spacial score (nSPS) is 10.7. The number of fused-ring (bicyclic) bond motifs is 1. The lowest BCUT2D eigenvalue weighted by Crippen LogP contribution is -2.21. The van der Waals surface area contributed by atoms with Gasteiger partial charge in [0.25, 0.3) is 5.56 Å². The molecule has 0 unspecified atom stereocenters. The van der Waals surface area contributed by atoms with Crippen molar-refractivity contribution in [2.75, 3.05) is 13.7 Å². The van der Waals surface area contributed by atoms with E-state index in [1.54, 1.807) is 44.2 Å². The van der Waals surface area contributed by atoms with Gasteiger partial charge in [0, 0.05) is 17.3 Å². The van der Waals surface area contributed by atoms with Gasteiger partial charge in [0.05, 0.1) is 19.1 Å². The van der Waals surface area contributed by atoms with Gasteiger partial charge in [-0.3, -0.25) is 10.2 Å². The third-order valence-corrected chi connectivity index (χ3v) is 3.91. The topological polar surface area (TPSA) is 105 Å². The molecule has 3 aromatic rings. The van der Waals surface area contributed by atoms with Crippen molar-refractivity contribution in [3.8, 4) is 16.9 Å². The van der Waals surface area contributed by atoms with Crippen LogP contribution in [0.2, 0.25) is 0 Å². The number of rotatable bonds is 4. The first kappa shape index (κ1) is 17.5. The second-order valence-corrected chi connectivity index (χ2v) is 5.65. The molecule has 0 saturated heterocycles. The fourth-order valence-corrected chi connectivity index (χ4v) is 2.84. The van der Waals surface area contributed by atoms with Crippen LogP contribution in [0.15, 0.2) is 39.5 Å². The number of hydrogen-bond donors (Lipinski definition) is 2. The lowest BCUT2D eigenvalue weighted by atomic mass is 9.97. The Labute approximate surface area is 148 Å². The number of methoxy groups -OCH3 is 1. The Hall–Kier alpha value is -3.35. The molecule has 134 valence electrons. The summed E-state index contributed by atoms with van der Waals surface area (Å²) in [6.07, 6.45) is 0. The summed E-state index contributed by atoms with van der Waals surface area (Å²) in [6, 6.07) is 8.53. The van der Waals surface area contributed by atoms with Crippen molar-refractivity contribution in [2.24, 2.45) is 0 Å². The zero-order valence-electron chi connectivity index (χ0n) is 14.6. The van der Waals surface area contributed by atoms with Crippen molar-refractivity contribution in [3.63, 3.8) is 0 Å². The van der Waals surface area contributed by atoms with E-state index in [1.165, 1.54) is 7.11 Å². The van der Waals surface area contributed by atoms with Gasteiger partial charge in [-0.05, 0) is 31.5 Å². The Kier molecular flexibility index (Phi) is 4.62. The third-order valence-electron chi connectivity index (χ3n) is 3.91. The lowest BCUT2D eigenvalue weighted by Gasteiger charge is -2.13. The van der Waals surface area contributed by atoms with Gasteiger partial charge in [-0.25, -0.2) is 4.79 Å². The smallest absolute Gasteiger partial charge is 0.344 e. The predicted octanol–water partition coefficient (Wildman–Crippen LogP) is 2.76. The third kappa shape index (κ3) is 2.99. The molecule has 0 atom stereocenters. The number of nitrogens with one attached hydrogen (secondary N) is 2. The maximum absolute atomic E-state index is 12.6. The molecular formula is C19H18N2O5. The van der Waals surface area contributed by atoms with Crippen molar-refractivity contribution in [1.29, 1.82) is 5.41 Å². The summed E-state index contributed by atoms with van der Waals surface area (Å²) < 4.78 is 15.8. The molecule has 0 spiro atoms. The monoisotopic (exact) mass is 354 g/mol. The molecule has 0 saturated carbocycles. The van der Waals surface area contributed by atoms with E-state index in [-0.39, 0.29) is 34.3 Å². The minimum Gasteiger partial charge on any atom is -0.497 e. The summed E-state index contributed by atoms with van der Waals surface area (Å²) in [4.78, 5) is 27.8. The molecule has 7 heteroatoms. The minimum atomic E-state index is -0.721. The Morgan fingerprint density at radius 1 is 1.31 bits per heavy atom. The van der Waals surface area contributed by atoms with Crippen LogP contribution in [0.1, 0.15) is 23.0 Å². The van der Waals surface area contributed by atoms with Crippen molar-refractivity contribution >= 4 is 16.9 Å². The standard InChI is InChI=1S/C19H18N2O5/c1-4-25-19(23)16-14(11-6-5-7-12(9-11)24-3)15-13(26-17(16)20)8-10(2)21-18(15)22/h5-9,20H,4H2,1-3H3,(H,21,22). The summed E-state index contributed by atoms with van der Waals surface area (Å²) in [5.74, 6) is -0.165. The van der Waals surface area contributed by atoms with Crippen molar-refractivity contribution in [2.45, 2.75) is 13.8 Å². The minimum absolute atomic E-state index is 0.0954. The maximum Gasteiger partial charge on any atom is 0.344 e. The number of aromatic nitrogens is 1. The molecule has 3 rings (SSSR count). The summed E-state index contributed by atoms with van der Waals surface area (Å²) in [6.45, 7) is 3.52. The first-order valence-electron chi connectivity index (χ1n) is 8.03.